The number of carbonyl (C=O) groups excluding carboxylic acids is 2. The van der Waals surface area contributed by atoms with Gasteiger partial charge in [0, 0.05) is 7.11 Å². The van der Waals surface area contributed by atoms with Gasteiger partial charge in [0.05, 0.1) is 25.2 Å². The number of methoxy groups -OCH3 is 2. The second kappa shape index (κ2) is 6.92. The van der Waals surface area contributed by atoms with E-state index in [9.17, 15) is 9.59 Å². The highest BCUT2D eigenvalue weighted by atomic mass is 16.6. The quantitative estimate of drug-likeness (QED) is 0.802. The van der Waals surface area contributed by atoms with Gasteiger partial charge in [-0.1, -0.05) is 0 Å². The third-order valence-electron chi connectivity index (χ3n) is 3.33. The lowest BCUT2D eigenvalue weighted by Gasteiger charge is -2.34. The molecule has 0 aromatic rings. The van der Waals surface area contributed by atoms with E-state index < -0.39 is 11.7 Å². The summed E-state index contributed by atoms with van der Waals surface area (Å²) in [4.78, 5) is 23.3. The molecule has 0 aromatic heterocycles. The van der Waals surface area contributed by atoms with Crippen molar-refractivity contribution in [1.82, 2.24) is 5.32 Å². The summed E-state index contributed by atoms with van der Waals surface area (Å²) in [6.45, 7) is 5.44. The van der Waals surface area contributed by atoms with Gasteiger partial charge in [0.15, 0.2) is 0 Å². The molecular weight excluding hydrogens is 262 g/mol. The van der Waals surface area contributed by atoms with Crippen LogP contribution >= 0.6 is 0 Å². The predicted octanol–water partition coefficient (Wildman–Crippen LogP) is 1.87. The average molecular weight is 287 g/mol. The van der Waals surface area contributed by atoms with Crippen molar-refractivity contribution in [3.63, 3.8) is 0 Å². The molecule has 1 N–H and O–H groups in total. The maximum Gasteiger partial charge on any atom is 0.407 e. The number of rotatable bonds is 3. The lowest BCUT2D eigenvalue weighted by atomic mass is 9.84. The van der Waals surface area contributed by atoms with Gasteiger partial charge in [-0.2, -0.15) is 0 Å². The van der Waals surface area contributed by atoms with Gasteiger partial charge in [0.25, 0.3) is 0 Å². The van der Waals surface area contributed by atoms with Crippen LogP contribution in [0.4, 0.5) is 4.79 Å². The first-order valence-electron chi connectivity index (χ1n) is 6.87. The Balaban J connectivity index is 2.55. The Morgan fingerprint density at radius 2 is 1.80 bits per heavy atom. The van der Waals surface area contributed by atoms with Crippen molar-refractivity contribution < 1.29 is 23.8 Å². The molecule has 0 aliphatic heterocycles. The Bertz CT molecular complexity index is 350. The lowest BCUT2D eigenvalue weighted by molar-refractivity contribution is -0.148. The van der Waals surface area contributed by atoms with Crippen LogP contribution in [-0.4, -0.2) is 44.0 Å². The van der Waals surface area contributed by atoms with Crippen molar-refractivity contribution in [3.05, 3.63) is 0 Å². The van der Waals surface area contributed by atoms with Crippen molar-refractivity contribution in [2.45, 2.75) is 57.8 Å². The summed E-state index contributed by atoms with van der Waals surface area (Å²) in [5.41, 5.74) is -0.532. The molecule has 1 fully saturated rings. The van der Waals surface area contributed by atoms with Crippen molar-refractivity contribution in [2.75, 3.05) is 14.2 Å². The average Bonchev–Trinajstić information content (AvgIpc) is 2.36. The summed E-state index contributed by atoms with van der Waals surface area (Å²) in [7, 11) is 2.96. The Morgan fingerprint density at radius 1 is 1.15 bits per heavy atom. The minimum absolute atomic E-state index is 0.143. The molecule has 1 aliphatic rings. The number of hydrogen-bond donors (Lipinski definition) is 1. The van der Waals surface area contributed by atoms with E-state index in [4.69, 9.17) is 14.2 Å². The third kappa shape index (κ3) is 5.00. The van der Waals surface area contributed by atoms with Gasteiger partial charge in [-0.25, -0.2) is 4.79 Å². The number of ether oxygens (including phenoxy) is 3. The standard InChI is InChI=1S/C14H25NO5/c1-14(2,3)20-13(17)15-10-7-6-9(12(16)19-5)8-11(10)18-4/h9-11H,6-8H2,1-5H3,(H,15,17)/t9-,10-,11-/m1/s1. The summed E-state index contributed by atoms with van der Waals surface area (Å²) in [6.07, 6.45) is 1.22. The molecule has 0 radical (unpaired) electrons. The summed E-state index contributed by atoms with van der Waals surface area (Å²) in [6, 6.07) is -0.143. The summed E-state index contributed by atoms with van der Waals surface area (Å²) in [5, 5.41) is 2.82. The molecule has 0 bridgehead atoms. The molecule has 0 saturated heterocycles. The highest BCUT2D eigenvalue weighted by molar-refractivity contribution is 5.72. The second-order valence-electron chi connectivity index (χ2n) is 6.06. The fourth-order valence-corrected chi connectivity index (χ4v) is 2.39. The van der Waals surface area contributed by atoms with Gasteiger partial charge in [-0.3, -0.25) is 4.79 Å². The van der Waals surface area contributed by atoms with Crippen molar-refractivity contribution in [3.8, 4) is 0 Å². The molecule has 1 rings (SSSR count). The molecule has 116 valence electrons. The molecule has 0 heterocycles. The zero-order valence-electron chi connectivity index (χ0n) is 12.9. The number of amides is 1. The first-order chi connectivity index (χ1) is 9.26. The zero-order valence-corrected chi connectivity index (χ0v) is 12.9. The topological polar surface area (TPSA) is 73.9 Å². The van der Waals surface area contributed by atoms with E-state index in [0.29, 0.717) is 19.3 Å². The maximum atomic E-state index is 11.8. The molecule has 3 atom stereocenters. The van der Waals surface area contributed by atoms with Crippen molar-refractivity contribution in [1.29, 1.82) is 0 Å². The molecule has 20 heavy (non-hydrogen) atoms. The molecule has 1 saturated carbocycles. The SMILES string of the molecule is COC(=O)[C@@H]1CC[C@@H](NC(=O)OC(C)(C)C)[C@H](OC)C1. The van der Waals surface area contributed by atoms with Crippen LogP contribution in [0.2, 0.25) is 0 Å². The van der Waals surface area contributed by atoms with E-state index in [2.05, 4.69) is 5.32 Å². The number of hydrogen-bond acceptors (Lipinski definition) is 5. The van der Waals surface area contributed by atoms with Gasteiger partial charge in [0.2, 0.25) is 0 Å². The number of alkyl carbamates (subject to hydrolysis) is 1. The number of carbonyl (C=O) groups is 2. The normalized spacial score (nSPS) is 26.8. The molecule has 0 spiro atoms. The molecular formula is C14H25NO5. The third-order valence-corrected chi connectivity index (χ3v) is 3.33. The predicted molar refractivity (Wildman–Crippen MR) is 73.3 cm³/mol. The van der Waals surface area contributed by atoms with E-state index in [1.807, 2.05) is 20.8 Å². The van der Waals surface area contributed by atoms with E-state index in [1.165, 1.54) is 7.11 Å². The van der Waals surface area contributed by atoms with Crippen LogP contribution in [0.1, 0.15) is 40.0 Å². The minimum Gasteiger partial charge on any atom is -0.469 e. The number of nitrogens with one attached hydrogen (secondary N) is 1. The van der Waals surface area contributed by atoms with Gasteiger partial charge < -0.3 is 19.5 Å². The van der Waals surface area contributed by atoms with E-state index in [-0.39, 0.29) is 24.0 Å². The zero-order chi connectivity index (χ0) is 15.3. The fourth-order valence-electron chi connectivity index (χ4n) is 2.39. The Hall–Kier alpha value is -1.30. The fraction of sp³-hybridized carbons (Fsp3) is 0.857. The smallest absolute Gasteiger partial charge is 0.407 e. The van der Waals surface area contributed by atoms with Crippen LogP contribution in [0.15, 0.2) is 0 Å². The largest absolute Gasteiger partial charge is 0.469 e. The van der Waals surface area contributed by atoms with Gasteiger partial charge in [-0.15, -0.1) is 0 Å². The van der Waals surface area contributed by atoms with Crippen molar-refractivity contribution >= 4 is 12.1 Å². The Morgan fingerprint density at radius 3 is 2.30 bits per heavy atom. The number of esters is 1. The first-order valence-corrected chi connectivity index (χ1v) is 6.87. The molecule has 0 unspecified atom stereocenters. The van der Waals surface area contributed by atoms with Gasteiger partial charge in [-0.05, 0) is 40.0 Å². The molecule has 1 amide bonds. The first kappa shape index (κ1) is 16.8. The molecule has 6 nitrogen and oxygen atoms in total. The lowest BCUT2D eigenvalue weighted by Crippen LogP contribution is -2.49. The Kier molecular flexibility index (Phi) is 5.80. The molecule has 1 aliphatic carbocycles. The summed E-state index contributed by atoms with van der Waals surface area (Å²) in [5.74, 6) is -0.385. The van der Waals surface area contributed by atoms with E-state index >= 15 is 0 Å². The molecule has 6 heteroatoms. The van der Waals surface area contributed by atoms with Crippen LogP contribution in [0.25, 0.3) is 0 Å². The van der Waals surface area contributed by atoms with Crippen LogP contribution < -0.4 is 5.32 Å². The minimum atomic E-state index is -0.532. The highest BCUT2D eigenvalue weighted by Gasteiger charge is 2.36. The molecule has 0 aromatic carbocycles. The van der Waals surface area contributed by atoms with Crippen molar-refractivity contribution in [2.24, 2.45) is 5.92 Å². The van der Waals surface area contributed by atoms with Gasteiger partial charge >= 0.3 is 12.1 Å². The maximum absolute atomic E-state index is 11.8. The monoisotopic (exact) mass is 287 g/mol. The van der Waals surface area contributed by atoms with E-state index in [1.54, 1.807) is 7.11 Å². The van der Waals surface area contributed by atoms with Crippen LogP contribution in [0, 0.1) is 5.92 Å². The second-order valence-corrected chi connectivity index (χ2v) is 6.06. The Labute approximate surface area is 120 Å². The van der Waals surface area contributed by atoms with Crippen LogP contribution in [0.5, 0.6) is 0 Å². The summed E-state index contributed by atoms with van der Waals surface area (Å²) < 4.78 is 15.4. The highest BCUT2D eigenvalue weighted by Crippen LogP contribution is 2.27. The van der Waals surface area contributed by atoms with Crippen LogP contribution in [0.3, 0.4) is 0 Å². The van der Waals surface area contributed by atoms with Gasteiger partial charge in [0.1, 0.15) is 5.60 Å². The van der Waals surface area contributed by atoms with E-state index in [0.717, 1.165) is 0 Å². The van der Waals surface area contributed by atoms with Crippen LogP contribution in [-0.2, 0) is 19.0 Å². The summed E-state index contributed by atoms with van der Waals surface area (Å²) >= 11 is 0.